The minimum Gasteiger partial charge on any atom is -0.478 e. The number of hydrogen-bond acceptors (Lipinski definition) is 4. The second-order valence-corrected chi connectivity index (χ2v) is 5.28. The number of benzene rings is 1. The molecule has 2 aromatic heterocycles. The monoisotopic (exact) mass is 285 g/mol. The van der Waals surface area contributed by atoms with Crippen molar-refractivity contribution in [2.45, 2.75) is 6.92 Å². The summed E-state index contributed by atoms with van der Waals surface area (Å²) in [6.07, 6.45) is 1.81. The summed E-state index contributed by atoms with van der Waals surface area (Å²) in [5.74, 6) is -0.954. The molecule has 2 heterocycles. The van der Waals surface area contributed by atoms with Gasteiger partial charge < -0.3 is 5.11 Å². The van der Waals surface area contributed by atoms with Crippen LogP contribution >= 0.6 is 11.3 Å². The Morgan fingerprint density at radius 2 is 2.20 bits per heavy atom. The third-order valence-electron chi connectivity index (χ3n) is 2.97. The highest BCUT2D eigenvalue weighted by molar-refractivity contribution is 7.13. The fourth-order valence-electron chi connectivity index (χ4n) is 1.91. The second kappa shape index (κ2) is 4.90. The van der Waals surface area contributed by atoms with Crippen LogP contribution in [0.5, 0.6) is 0 Å². The number of nitrogens with zero attached hydrogens (tertiary/aromatic N) is 3. The zero-order valence-corrected chi connectivity index (χ0v) is 11.5. The van der Waals surface area contributed by atoms with E-state index in [1.54, 1.807) is 40.4 Å². The van der Waals surface area contributed by atoms with Crippen LogP contribution in [0, 0.1) is 6.92 Å². The lowest BCUT2D eigenvalue weighted by Crippen LogP contribution is -2.02. The van der Waals surface area contributed by atoms with E-state index in [9.17, 15) is 4.79 Å². The Morgan fingerprint density at radius 1 is 1.35 bits per heavy atom. The van der Waals surface area contributed by atoms with E-state index in [1.165, 1.54) is 0 Å². The third kappa shape index (κ3) is 2.21. The minimum atomic E-state index is -0.954. The molecule has 0 fully saturated rings. The van der Waals surface area contributed by atoms with Gasteiger partial charge in [0.05, 0.1) is 22.3 Å². The maximum Gasteiger partial charge on any atom is 0.335 e. The summed E-state index contributed by atoms with van der Waals surface area (Å²) in [5, 5.41) is 19.2. The zero-order chi connectivity index (χ0) is 14.1. The van der Waals surface area contributed by atoms with Crippen molar-refractivity contribution in [2.24, 2.45) is 0 Å². The average molecular weight is 285 g/mol. The first-order valence-electron chi connectivity index (χ1n) is 5.96. The number of aryl methyl sites for hydroxylation is 1. The highest BCUT2D eigenvalue weighted by Gasteiger charge is 2.11. The number of aromatic nitrogens is 3. The lowest BCUT2D eigenvalue weighted by molar-refractivity contribution is 0.0697. The van der Waals surface area contributed by atoms with Crippen molar-refractivity contribution in [3.05, 3.63) is 53.0 Å². The maximum atomic E-state index is 11.0. The first kappa shape index (κ1) is 12.6. The molecule has 0 unspecified atom stereocenters. The van der Waals surface area contributed by atoms with Gasteiger partial charge >= 0.3 is 5.97 Å². The van der Waals surface area contributed by atoms with Gasteiger partial charge in [0.15, 0.2) is 0 Å². The van der Waals surface area contributed by atoms with Crippen LogP contribution in [0.25, 0.3) is 16.3 Å². The molecule has 0 amide bonds. The summed E-state index contributed by atoms with van der Waals surface area (Å²) in [7, 11) is 0. The Bertz CT molecular complexity index is 763. The summed E-state index contributed by atoms with van der Waals surface area (Å²) >= 11 is 1.59. The van der Waals surface area contributed by atoms with E-state index in [2.05, 4.69) is 10.3 Å². The van der Waals surface area contributed by atoms with Crippen molar-refractivity contribution in [1.29, 1.82) is 0 Å². The predicted octanol–water partition coefficient (Wildman–Crippen LogP) is 3.00. The van der Waals surface area contributed by atoms with Gasteiger partial charge in [-0.25, -0.2) is 9.48 Å². The van der Waals surface area contributed by atoms with Crippen molar-refractivity contribution in [1.82, 2.24) is 15.0 Å². The molecule has 1 aromatic carbocycles. The number of hydrogen-bond donors (Lipinski definition) is 1. The van der Waals surface area contributed by atoms with Gasteiger partial charge in [0.2, 0.25) is 0 Å². The number of thiophene rings is 1. The smallest absolute Gasteiger partial charge is 0.335 e. The summed E-state index contributed by atoms with van der Waals surface area (Å²) in [5.41, 5.74) is 2.68. The van der Waals surface area contributed by atoms with E-state index in [1.807, 2.05) is 24.4 Å². The number of aromatic carboxylic acids is 1. The van der Waals surface area contributed by atoms with Gasteiger partial charge in [0.1, 0.15) is 5.69 Å². The van der Waals surface area contributed by atoms with Crippen LogP contribution in [-0.4, -0.2) is 26.1 Å². The van der Waals surface area contributed by atoms with Crippen LogP contribution in [0.4, 0.5) is 0 Å². The van der Waals surface area contributed by atoms with Gasteiger partial charge in [-0.3, -0.25) is 0 Å². The van der Waals surface area contributed by atoms with Gasteiger partial charge in [-0.05, 0) is 36.1 Å². The Balaban J connectivity index is 2.05. The topological polar surface area (TPSA) is 68.0 Å². The molecule has 3 rings (SSSR count). The summed E-state index contributed by atoms with van der Waals surface area (Å²) in [6, 6.07) is 8.88. The van der Waals surface area contributed by atoms with Crippen LogP contribution in [0.2, 0.25) is 0 Å². The molecular formula is C14H11N3O2S. The minimum absolute atomic E-state index is 0.235. The molecule has 6 heteroatoms. The first-order chi connectivity index (χ1) is 9.65. The van der Waals surface area contributed by atoms with E-state index < -0.39 is 5.97 Å². The van der Waals surface area contributed by atoms with E-state index in [0.717, 1.165) is 21.8 Å². The summed E-state index contributed by atoms with van der Waals surface area (Å²) < 4.78 is 1.61. The standard InChI is InChI=1S/C14H11N3O2S/c1-9-4-5-10(14(18)19)7-12(9)17-8-11(15-16-17)13-3-2-6-20-13/h2-8H,1H3,(H,18,19). The molecule has 1 N–H and O–H groups in total. The van der Waals surface area contributed by atoms with Gasteiger partial charge in [0.25, 0.3) is 0 Å². The Morgan fingerprint density at radius 3 is 2.90 bits per heavy atom. The molecule has 0 bridgehead atoms. The first-order valence-corrected chi connectivity index (χ1v) is 6.83. The largest absolute Gasteiger partial charge is 0.478 e. The fourth-order valence-corrected chi connectivity index (χ4v) is 2.58. The highest BCUT2D eigenvalue weighted by atomic mass is 32.1. The molecule has 0 saturated heterocycles. The zero-order valence-electron chi connectivity index (χ0n) is 10.6. The van der Waals surface area contributed by atoms with Gasteiger partial charge in [-0.2, -0.15) is 0 Å². The van der Waals surface area contributed by atoms with Gasteiger partial charge in [-0.15, -0.1) is 16.4 Å². The van der Waals surface area contributed by atoms with Crippen molar-refractivity contribution >= 4 is 17.3 Å². The summed E-state index contributed by atoms with van der Waals surface area (Å²) in [6.45, 7) is 1.91. The predicted molar refractivity (Wildman–Crippen MR) is 76.4 cm³/mol. The Kier molecular flexibility index (Phi) is 3.08. The quantitative estimate of drug-likeness (QED) is 0.803. The molecule has 20 heavy (non-hydrogen) atoms. The molecule has 100 valence electrons. The molecular weight excluding hydrogens is 274 g/mol. The van der Waals surface area contributed by atoms with Gasteiger partial charge in [0, 0.05) is 0 Å². The Labute approximate surface area is 119 Å². The number of rotatable bonds is 3. The average Bonchev–Trinajstić information content (AvgIpc) is 3.10. The van der Waals surface area contributed by atoms with Crippen LogP contribution in [0.3, 0.4) is 0 Å². The molecule has 0 aliphatic rings. The lowest BCUT2D eigenvalue weighted by atomic mass is 10.1. The molecule has 5 nitrogen and oxygen atoms in total. The van der Waals surface area contributed by atoms with Gasteiger partial charge in [-0.1, -0.05) is 17.3 Å². The van der Waals surface area contributed by atoms with Crippen molar-refractivity contribution < 1.29 is 9.90 Å². The molecule has 0 atom stereocenters. The van der Waals surface area contributed by atoms with E-state index in [-0.39, 0.29) is 5.56 Å². The number of carboxylic acid groups (broad SMARTS) is 1. The SMILES string of the molecule is Cc1ccc(C(=O)O)cc1-n1cc(-c2cccs2)nn1. The molecule has 0 aliphatic carbocycles. The van der Waals surface area contributed by atoms with Crippen molar-refractivity contribution in [2.75, 3.05) is 0 Å². The van der Waals surface area contributed by atoms with Crippen LogP contribution < -0.4 is 0 Å². The third-order valence-corrected chi connectivity index (χ3v) is 3.86. The van der Waals surface area contributed by atoms with E-state index in [4.69, 9.17) is 5.11 Å². The lowest BCUT2D eigenvalue weighted by Gasteiger charge is -2.05. The fraction of sp³-hybridized carbons (Fsp3) is 0.0714. The second-order valence-electron chi connectivity index (χ2n) is 4.33. The molecule has 0 radical (unpaired) electrons. The van der Waals surface area contributed by atoms with E-state index >= 15 is 0 Å². The highest BCUT2D eigenvalue weighted by Crippen LogP contribution is 2.23. The summed E-state index contributed by atoms with van der Waals surface area (Å²) in [4.78, 5) is 12.1. The molecule has 0 aliphatic heterocycles. The number of carbonyl (C=O) groups is 1. The van der Waals surface area contributed by atoms with Crippen molar-refractivity contribution in [3.8, 4) is 16.3 Å². The molecule has 3 aromatic rings. The van der Waals surface area contributed by atoms with Crippen molar-refractivity contribution in [3.63, 3.8) is 0 Å². The van der Waals surface area contributed by atoms with Crippen LogP contribution in [0.15, 0.2) is 41.9 Å². The Hall–Kier alpha value is -2.47. The van der Waals surface area contributed by atoms with Crippen LogP contribution in [-0.2, 0) is 0 Å². The number of carboxylic acids is 1. The normalized spacial score (nSPS) is 10.7. The maximum absolute atomic E-state index is 11.0. The molecule has 0 saturated carbocycles. The molecule has 0 spiro atoms. The van der Waals surface area contributed by atoms with E-state index in [0.29, 0.717) is 0 Å². The van der Waals surface area contributed by atoms with Crippen LogP contribution in [0.1, 0.15) is 15.9 Å².